The normalized spacial score (nSPS) is 10.9. The number of nitrogens with zero attached hydrogens (tertiary/aromatic N) is 4. The lowest BCUT2D eigenvalue weighted by Crippen LogP contribution is -2.02. The molecule has 0 bridgehead atoms. The van der Waals surface area contributed by atoms with E-state index in [-0.39, 0.29) is 0 Å². The topological polar surface area (TPSA) is 95.2 Å². The first-order valence-electron chi connectivity index (χ1n) is 5.23. The summed E-state index contributed by atoms with van der Waals surface area (Å²) in [5, 5.41) is 17.0. The fourth-order valence-electron chi connectivity index (χ4n) is 1.64. The van der Waals surface area contributed by atoms with Crippen LogP contribution >= 0.6 is 0 Å². The second-order valence-electron chi connectivity index (χ2n) is 3.67. The quantitative estimate of drug-likeness (QED) is 0.622. The maximum atomic E-state index is 4.22. The number of aromatic amines is 2. The lowest BCUT2D eigenvalue weighted by molar-refractivity contribution is 0.953. The van der Waals surface area contributed by atoms with Gasteiger partial charge in [-0.2, -0.15) is 10.2 Å². The zero-order chi connectivity index (χ0) is 11.7. The SMILES string of the molecule is Cc1nc(CNc2ccnc3c[nH]nc23)n[nH]1. The predicted molar refractivity (Wildman–Crippen MR) is 62.3 cm³/mol. The van der Waals surface area contributed by atoms with Crippen LogP contribution in [-0.4, -0.2) is 30.4 Å². The summed E-state index contributed by atoms with van der Waals surface area (Å²) < 4.78 is 0. The van der Waals surface area contributed by atoms with Crippen LogP contribution in [0.4, 0.5) is 5.69 Å². The zero-order valence-corrected chi connectivity index (χ0v) is 9.23. The smallest absolute Gasteiger partial charge is 0.169 e. The van der Waals surface area contributed by atoms with Crippen molar-refractivity contribution < 1.29 is 0 Å². The Labute approximate surface area is 96.7 Å². The van der Waals surface area contributed by atoms with E-state index in [9.17, 15) is 0 Å². The van der Waals surface area contributed by atoms with Crippen LogP contribution in [0, 0.1) is 6.92 Å². The van der Waals surface area contributed by atoms with Crippen molar-refractivity contribution in [1.29, 1.82) is 0 Å². The van der Waals surface area contributed by atoms with Crippen LogP contribution in [0.3, 0.4) is 0 Å². The van der Waals surface area contributed by atoms with Crippen molar-refractivity contribution in [3.63, 3.8) is 0 Å². The van der Waals surface area contributed by atoms with Crippen molar-refractivity contribution in [3.05, 3.63) is 30.1 Å². The van der Waals surface area contributed by atoms with E-state index in [0.29, 0.717) is 6.54 Å². The van der Waals surface area contributed by atoms with Gasteiger partial charge in [-0.25, -0.2) is 4.98 Å². The van der Waals surface area contributed by atoms with Gasteiger partial charge in [0.25, 0.3) is 0 Å². The molecule has 0 amide bonds. The summed E-state index contributed by atoms with van der Waals surface area (Å²) in [5.74, 6) is 1.53. The highest BCUT2D eigenvalue weighted by Crippen LogP contribution is 2.18. The van der Waals surface area contributed by atoms with Gasteiger partial charge in [0.1, 0.15) is 16.9 Å². The molecular formula is C10H11N7. The molecule has 86 valence electrons. The Balaban J connectivity index is 1.83. The van der Waals surface area contributed by atoms with Gasteiger partial charge in [0.05, 0.1) is 12.2 Å². The number of hydrogen-bond acceptors (Lipinski definition) is 5. The largest absolute Gasteiger partial charge is 0.376 e. The fraction of sp³-hybridized carbons (Fsp3) is 0.200. The van der Waals surface area contributed by atoms with Gasteiger partial charge < -0.3 is 5.32 Å². The molecule has 0 atom stereocenters. The predicted octanol–water partition coefficient (Wildman–Crippen LogP) is 0.997. The van der Waals surface area contributed by atoms with E-state index < -0.39 is 0 Å². The number of aromatic nitrogens is 6. The molecule has 17 heavy (non-hydrogen) atoms. The van der Waals surface area contributed by atoms with Crippen molar-refractivity contribution >= 4 is 16.7 Å². The molecule has 3 N–H and O–H groups in total. The van der Waals surface area contributed by atoms with Gasteiger partial charge in [0, 0.05) is 12.4 Å². The van der Waals surface area contributed by atoms with Crippen LogP contribution in [0.5, 0.6) is 0 Å². The number of pyridine rings is 1. The average molecular weight is 229 g/mol. The Morgan fingerprint density at radius 3 is 3.12 bits per heavy atom. The first-order chi connectivity index (χ1) is 8.33. The molecule has 7 heteroatoms. The van der Waals surface area contributed by atoms with Gasteiger partial charge in [-0.05, 0) is 13.0 Å². The maximum Gasteiger partial charge on any atom is 0.169 e. The number of rotatable bonds is 3. The molecule has 0 saturated heterocycles. The lowest BCUT2D eigenvalue weighted by Gasteiger charge is -2.03. The van der Waals surface area contributed by atoms with Crippen molar-refractivity contribution in [2.24, 2.45) is 0 Å². The van der Waals surface area contributed by atoms with Gasteiger partial charge in [-0.1, -0.05) is 0 Å². The van der Waals surface area contributed by atoms with Gasteiger partial charge in [-0.15, -0.1) is 0 Å². The van der Waals surface area contributed by atoms with E-state index in [0.717, 1.165) is 28.4 Å². The molecule has 0 radical (unpaired) electrons. The minimum Gasteiger partial charge on any atom is -0.376 e. The third kappa shape index (κ3) is 1.82. The second-order valence-corrected chi connectivity index (χ2v) is 3.67. The molecule has 3 heterocycles. The average Bonchev–Trinajstić information content (AvgIpc) is 2.94. The molecule has 3 rings (SSSR count). The maximum absolute atomic E-state index is 4.22. The molecule has 0 aliphatic rings. The van der Waals surface area contributed by atoms with E-state index in [1.54, 1.807) is 12.4 Å². The molecule has 0 aliphatic carbocycles. The number of fused-ring (bicyclic) bond motifs is 1. The van der Waals surface area contributed by atoms with Gasteiger partial charge in [-0.3, -0.25) is 15.2 Å². The van der Waals surface area contributed by atoms with Crippen LogP contribution in [0.15, 0.2) is 18.5 Å². The minimum atomic E-state index is 0.552. The summed E-state index contributed by atoms with van der Waals surface area (Å²) in [4.78, 5) is 8.41. The molecule has 7 nitrogen and oxygen atoms in total. The van der Waals surface area contributed by atoms with Crippen molar-refractivity contribution in [2.45, 2.75) is 13.5 Å². The fourth-order valence-corrected chi connectivity index (χ4v) is 1.64. The van der Waals surface area contributed by atoms with Crippen LogP contribution in [0.25, 0.3) is 11.0 Å². The Kier molecular flexibility index (Phi) is 2.21. The summed E-state index contributed by atoms with van der Waals surface area (Å²) in [7, 11) is 0. The first-order valence-corrected chi connectivity index (χ1v) is 5.23. The number of hydrogen-bond donors (Lipinski definition) is 3. The molecule has 3 aromatic heterocycles. The molecule has 0 fully saturated rings. The summed E-state index contributed by atoms with van der Waals surface area (Å²) in [6.45, 7) is 2.42. The molecule has 0 unspecified atom stereocenters. The van der Waals surface area contributed by atoms with E-state index in [4.69, 9.17) is 0 Å². The number of nitrogens with one attached hydrogen (secondary N) is 3. The van der Waals surface area contributed by atoms with E-state index in [2.05, 4.69) is 35.7 Å². The van der Waals surface area contributed by atoms with Gasteiger partial charge in [0.2, 0.25) is 0 Å². The van der Waals surface area contributed by atoms with Crippen molar-refractivity contribution in [3.8, 4) is 0 Å². The summed E-state index contributed by atoms with van der Waals surface area (Å²) >= 11 is 0. The zero-order valence-electron chi connectivity index (χ0n) is 9.23. The van der Waals surface area contributed by atoms with Crippen LogP contribution in [-0.2, 0) is 6.54 Å². The second kappa shape index (κ2) is 3.85. The Morgan fingerprint density at radius 1 is 1.35 bits per heavy atom. The Bertz CT molecular complexity index is 639. The molecule has 0 aliphatic heterocycles. The third-order valence-electron chi connectivity index (χ3n) is 2.41. The van der Waals surface area contributed by atoms with E-state index in [1.807, 2.05) is 13.0 Å². The number of H-pyrrole nitrogens is 2. The number of anilines is 1. The van der Waals surface area contributed by atoms with Crippen LogP contribution in [0.1, 0.15) is 11.6 Å². The van der Waals surface area contributed by atoms with Crippen molar-refractivity contribution in [1.82, 2.24) is 30.4 Å². The molecule has 0 saturated carbocycles. The summed E-state index contributed by atoms with van der Waals surface area (Å²) in [6.07, 6.45) is 3.50. The van der Waals surface area contributed by atoms with Gasteiger partial charge >= 0.3 is 0 Å². The van der Waals surface area contributed by atoms with Crippen LogP contribution < -0.4 is 5.32 Å². The van der Waals surface area contributed by atoms with E-state index in [1.165, 1.54) is 0 Å². The highest BCUT2D eigenvalue weighted by molar-refractivity contribution is 5.86. The van der Waals surface area contributed by atoms with Crippen molar-refractivity contribution in [2.75, 3.05) is 5.32 Å². The minimum absolute atomic E-state index is 0.552. The lowest BCUT2D eigenvalue weighted by atomic mass is 10.3. The van der Waals surface area contributed by atoms with Gasteiger partial charge in [0.15, 0.2) is 5.82 Å². The monoisotopic (exact) mass is 229 g/mol. The molecular weight excluding hydrogens is 218 g/mol. The first kappa shape index (κ1) is 9.76. The number of aryl methyl sites for hydroxylation is 1. The molecule has 0 spiro atoms. The highest BCUT2D eigenvalue weighted by atomic mass is 15.2. The standard InChI is InChI=1S/C10H11N7/c1-6-14-9(16-15-6)5-12-7-2-3-11-8-4-13-17-10(7)8/h2-4H,5H2,1H3,(H,11,12)(H,13,17)(H,14,15,16). The summed E-state index contributed by atoms with van der Waals surface area (Å²) in [6, 6.07) is 1.88. The third-order valence-corrected chi connectivity index (χ3v) is 2.41. The Morgan fingerprint density at radius 2 is 2.29 bits per heavy atom. The molecule has 3 aromatic rings. The summed E-state index contributed by atoms with van der Waals surface area (Å²) in [5.41, 5.74) is 2.57. The van der Waals surface area contributed by atoms with Crippen LogP contribution in [0.2, 0.25) is 0 Å². The molecule has 0 aromatic carbocycles. The Hall–Kier alpha value is -2.44. The van der Waals surface area contributed by atoms with E-state index >= 15 is 0 Å². The highest BCUT2D eigenvalue weighted by Gasteiger charge is 2.05.